The lowest BCUT2D eigenvalue weighted by molar-refractivity contribution is 1.19. The Labute approximate surface area is 289 Å². The van der Waals surface area contributed by atoms with Crippen LogP contribution in [0.2, 0.25) is 0 Å². The van der Waals surface area contributed by atoms with Crippen LogP contribution in [0.25, 0.3) is 112 Å². The number of hydrogen-bond donors (Lipinski definition) is 0. The van der Waals surface area contributed by atoms with Gasteiger partial charge in [-0.15, -0.1) is 22.7 Å². The highest BCUT2D eigenvalue weighted by Gasteiger charge is 2.25. The van der Waals surface area contributed by atoms with E-state index in [4.69, 9.17) is 0 Å². The van der Waals surface area contributed by atoms with E-state index in [-0.39, 0.29) is 0 Å². The molecule has 0 amide bonds. The zero-order valence-corrected chi connectivity index (χ0v) is 27.8. The number of thiophene rings is 2. The Kier molecular flexibility index (Phi) is 5.06. The van der Waals surface area contributed by atoms with Gasteiger partial charge in [0.2, 0.25) is 0 Å². The number of hydrogen-bond acceptors (Lipinski definition) is 2. The number of aromatic nitrogens is 1. The summed E-state index contributed by atoms with van der Waals surface area (Å²) in [7, 11) is 0. The number of rotatable bonds is 2. The highest BCUT2D eigenvalue weighted by Crippen LogP contribution is 2.51. The third-order valence-electron chi connectivity index (χ3n) is 10.7. The molecule has 0 saturated carbocycles. The van der Waals surface area contributed by atoms with Crippen LogP contribution in [0.15, 0.2) is 152 Å². The molecular formula is C46H25NS2. The first-order valence-corrected chi connectivity index (χ1v) is 18.4. The Morgan fingerprint density at radius 3 is 1.67 bits per heavy atom. The molecule has 1 aliphatic carbocycles. The van der Waals surface area contributed by atoms with Crippen LogP contribution in [-0.2, 0) is 0 Å². The lowest BCUT2D eigenvalue weighted by Gasteiger charge is -2.11. The van der Waals surface area contributed by atoms with E-state index in [0.717, 1.165) is 0 Å². The molecule has 12 rings (SSSR count). The quantitative estimate of drug-likeness (QED) is 0.175. The minimum atomic E-state index is 1.20. The molecule has 1 nitrogen and oxygen atoms in total. The van der Waals surface area contributed by atoms with E-state index in [0.29, 0.717) is 0 Å². The first-order valence-electron chi connectivity index (χ1n) is 16.8. The van der Waals surface area contributed by atoms with Crippen molar-refractivity contribution in [1.82, 2.24) is 4.57 Å². The third kappa shape index (κ3) is 3.48. The highest BCUT2D eigenvalue weighted by molar-refractivity contribution is 7.26. The fourth-order valence-corrected chi connectivity index (χ4v) is 10.8. The van der Waals surface area contributed by atoms with Crippen LogP contribution in [-0.4, -0.2) is 4.57 Å². The third-order valence-corrected chi connectivity index (χ3v) is 13.0. The average molecular weight is 656 g/mol. The van der Waals surface area contributed by atoms with E-state index < -0.39 is 0 Å². The minimum Gasteiger partial charge on any atom is -0.309 e. The van der Waals surface area contributed by atoms with E-state index in [9.17, 15) is 0 Å². The van der Waals surface area contributed by atoms with Crippen LogP contribution in [0.4, 0.5) is 0 Å². The van der Waals surface area contributed by atoms with Gasteiger partial charge in [-0.3, -0.25) is 0 Å². The maximum Gasteiger partial charge on any atom is 0.0553 e. The number of benzene rings is 8. The fourth-order valence-electron chi connectivity index (χ4n) is 8.60. The predicted molar refractivity (Wildman–Crippen MR) is 214 cm³/mol. The van der Waals surface area contributed by atoms with Gasteiger partial charge in [0.25, 0.3) is 0 Å². The molecule has 3 heteroatoms. The van der Waals surface area contributed by atoms with Gasteiger partial charge in [-0.1, -0.05) is 91.0 Å². The molecule has 226 valence electrons. The van der Waals surface area contributed by atoms with Gasteiger partial charge in [-0.2, -0.15) is 0 Å². The van der Waals surface area contributed by atoms with E-state index >= 15 is 0 Å². The van der Waals surface area contributed by atoms with Crippen LogP contribution in [0.5, 0.6) is 0 Å². The highest BCUT2D eigenvalue weighted by atomic mass is 32.1. The van der Waals surface area contributed by atoms with Gasteiger partial charge in [0, 0.05) is 56.8 Å². The smallest absolute Gasteiger partial charge is 0.0553 e. The molecule has 0 spiro atoms. The van der Waals surface area contributed by atoms with Crippen molar-refractivity contribution in [2.24, 2.45) is 0 Å². The molecule has 0 fully saturated rings. The molecule has 49 heavy (non-hydrogen) atoms. The lowest BCUT2D eigenvalue weighted by Crippen LogP contribution is -1.94. The predicted octanol–water partition coefficient (Wildman–Crippen LogP) is 14.0. The molecule has 8 aromatic carbocycles. The largest absolute Gasteiger partial charge is 0.309 e. The second-order valence-electron chi connectivity index (χ2n) is 13.2. The first kappa shape index (κ1) is 26.2. The molecule has 0 radical (unpaired) electrons. The van der Waals surface area contributed by atoms with Crippen molar-refractivity contribution >= 4 is 95.6 Å². The molecule has 3 heterocycles. The van der Waals surface area contributed by atoms with E-state index in [1.54, 1.807) is 0 Å². The van der Waals surface area contributed by atoms with Crippen molar-refractivity contribution in [2.45, 2.75) is 0 Å². The van der Waals surface area contributed by atoms with Crippen LogP contribution in [0, 0.1) is 0 Å². The van der Waals surface area contributed by atoms with Crippen LogP contribution in [0.1, 0.15) is 0 Å². The monoisotopic (exact) mass is 655 g/mol. The number of nitrogens with zero attached hydrogens (tertiary/aromatic N) is 1. The molecule has 0 atom stereocenters. The van der Waals surface area contributed by atoms with E-state index in [1.807, 2.05) is 22.7 Å². The molecule has 0 unspecified atom stereocenters. The van der Waals surface area contributed by atoms with Gasteiger partial charge in [-0.25, -0.2) is 0 Å². The molecule has 0 aliphatic heterocycles. The molecule has 3 aromatic heterocycles. The molecule has 11 aromatic rings. The van der Waals surface area contributed by atoms with Crippen molar-refractivity contribution in [3.8, 4) is 39.1 Å². The molecule has 0 N–H and O–H groups in total. The van der Waals surface area contributed by atoms with Gasteiger partial charge in [0.1, 0.15) is 0 Å². The van der Waals surface area contributed by atoms with Crippen LogP contribution < -0.4 is 0 Å². The SMILES string of the molecule is c1ccc2c(c1)-c1cccc3c1c-2cc1c3c2cc(-c3ccc4sc5ccccc5c4c3)ccc2n1-c1ccc2sc3ccccc3c2c1. The first-order chi connectivity index (χ1) is 24.3. The van der Waals surface area contributed by atoms with Crippen molar-refractivity contribution < 1.29 is 0 Å². The van der Waals surface area contributed by atoms with Crippen molar-refractivity contribution in [3.05, 3.63) is 152 Å². The average Bonchev–Trinajstić information content (AvgIpc) is 3.90. The van der Waals surface area contributed by atoms with Crippen LogP contribution >= 0.6 is 22.7 Å². The summed E-state index contributed by atoms with van der Waals surface area (Å²) in [5.41, 5.74) is 11.5. The standard InChI is InChI=1S/C46H25NS2/c1-2-9-30-29(8-1)33-12-7-13-34-45(33)37(30)25-40-46(34)38-23-26(27-17-20-43-35(22-27)31-10-3-5-14-41(31)48-43)16-19-39(38)47(40)28-18-21-44-36(24-28)32-11-4-6-15-42(32)49-44/h1-25H. The van der Waals surface area contributed by atoms with Crippen LogP contribution in [0.3, 0.4) is 0 Å². The zero-order valence-electron chi connectivity index (χ0n) is 26.2. The molecule has 1 aliphatic rings. The zero-order chi connectivity index (χ0) is 31.8. The summed E-state index contributed by atoms with van der Waals surface area (Å²) >= 11 is 3.75. The summed E-state index contributed by atoms with van der Waals surface area (Å²) in [6.45, 7) is 0. The maximum absolute atomic E-state index is 2.51. The van der Waals surface area contributed by atoms with Crippen molar-refractivity contribution in [3.63, 3.8) is 0 Å². The fraction of sp³-hybridized carbons (Fsp3) is 0. The van der Waals surface area contributed by atoms with Gasteiger partial charge in [0.15, 0.2) is 0 Å². The minimum absolute atomic E-state index is 1.20. The Hall–Kier alpha value is -5.74. The second-order valence-corrected chi connectivity index (χ2v) is 15.4. The topological polar surface area (TPSA) is 4.93 Å². The normalized spacial score (nSPS) is 12.5. The van der Waals surface area contributed by atoms with E-state index in [2.05, 4.69) is 156 Å². The van der Waals surface area contributed by atoms with E-state index in [1.165, 1.54) is 112 Å². The summed E-state index contributed by atoms with van der Waals surface area (Å²) in [5, 5.41) is 10.6. The Balaban J connectivity index is 1.19. The summed E-state index contributed by atoms with van der Waals surface area (Å²) in [4.78, 5) is 0. The van der Waals surface area contributed by atoms with Gasteiger partial charge < -0.3 is 4.57 Å². The molecular weight excluding hydrogens is 631 g/mol. The Morgan fingerprint density at radius 2 is 0.898 bits per heavy atom. The molecule has 0 saturated heterocycles. The summed E-state index contributed by atoms with van der Waals surface area (Å²) in [5.74, 6) is 0. The lowest BCUT2D eigenvalue weighted by atomic mass is 9.96. The number of fused-ring (bicyclic) bond motifs is 13. The van der Waals surface area contributed by atoms with Gasteiger partial charge >= 0.3 is 0 Å². The Bertz CT molecular complexity index is 3220. The van der Waals surface area contributed by atoms with Crippen molar-refractivity contribution in [2.75, 3.05) is 0 Å². The summed E-state index contributed by atoms with van der Waals surface area (Å²) < 4.78 is 7.85. The van der Waals surface area contributed by atoms with Gasteiger partial charge in [-0.05, 0) is 105 Å². The molecule has 0 bridgehead atoms. The van der Waals surface area contributed by atoms with Gasteiger partial charge in [0.05, 0.1) is 11.0 Å². The summed E-state index contributed by atoms with van der Waals surface area (Å²) in [6.07, 6.45) is 0. The Morgan fingerprint density at radius 1 is 0.327 bits per heavy atom. The second kappa shape index (κ2) is 9.45. The maximum atomic E-state index is 2.51. The van der Waals surface area contributed by atoms with Crippen molar-refractivity contribution in [1.29, 1.82) is 0 Å². The summed E-state index contributed by atoms with van der Waals surface area (Å²) in [6, 6.07) is 57.0.